The molecule has 1 aromatic carbocycles. The second-order valence-electron chi connectivity index (χ2n) is 6.89. The van der Waals surface area contributed by atoms with Crippen molar-refractivity contribution >= 4 is 29.1 Å². The van der Waals surface area contributed by atoms with Crippen molar-refractivity contribution in [3.05, 3.63) is 18.2 Å². The van der Waals surface area contributed by atoms with E-state index in [1.807, 2.05) is 5.32 Å². The SMILES string of the molecule is NC(=O)[C@@H](C(=O)Nc1ccc(N2CCOCC2=O)c(OC(F)F)c1)N(CC(F)F)CC(F)(F)F. The van der Waals surface area contributed by atoms with Gasteiger partial charge in [-0.05, 0) is 12.1 Å². The average Bonchev–Trinajstić information content (AvgIpc) is 2.66. The van der Waals surface area contributed by atoms with E-state index in [0.717, 1.165) is 23.1 Å². The summed E-state index contributed by atoms with van der Waals surface area (Å²) in [7, 11) is 0. The van der Waals surface area contributed by atoms with Crippen LogP contribution in [0.25, 0.3) is 0 Å². The van der Waals surface area contributed by atoms with Gasteiger partial charge in [-0.15, -0.1) is 0 Å². The van der Waals surface area contributed by atoms with Crippen LogP contribution in [0.2, 0.25) is 0 Å². The van der Waals surface area contributed by atoms with Crippen molar-refractivity contribution in [2.75, 3.05) is 43.1 Å². The Labute approximate surface area is 187 Å². The van der Waals surface area contributed by atoms with Crippen molar-refractivity contribution < 1.29 is 54.6 Å². The molecule has 0 unspecified atom stereocenters. The van der Waals surface area contributed by atoms with E-state index >= 15 is 0 Å². The van der Waals surface area contributed by atoms with E-state index < -0.39 is 61.8 Å². The second-order valence-corrected chi connectivity index (χ2v) is 6.89. The van der Waals surface area contributed by atoms with Gasteiger partial charge < -0.3 is 25.4 Å². The van der Waals surface area contributed by atoms with Crippen LogP contribution in [0.5, 0.6) is 5.75 Å². The standard InChI is InChI=1S/C18H19F7N4O5/c19-12(20)6-28(8-18(23,24)25)14(15(26)31)16(32)27-9-1-2-10(11(5-9)34-17(21)22)29-3-4-33-7-13(29)30/h1-2,5,12,14,17H,3-4,6-8H2,(H2,26,31)(H,27,32)/t14-/m0/s1. The van der Waals surface area contributed by atoms with Crippen LogP contribution < -0.4 is 20.7 Å². The van der Waals surface area contributed by atoms with Gasteiger partial charge in [0.2, 0.25) is 5.91 Å². The fraction of sp³-hybridized carbons (Fsp3) is 0.500. The number of rotatable bonds is 10. The van der Waals surface area contributed by atoms with Crippen LogP contribution >= 0.6 is 0 Å². The normalized spacial score (nSPS) is 15.7. The number of hydrogen-bond acceptors (Lipinski definition) is 6. The summed E-state index contributed by atoms with van der Waals surface area (Å²) in [6, 6.07) is 0.535. The van der Waals surface area contributed by atoms with Gasteiger partial charge in [0.15, 0.2) is 11.8 Å². The summed E-state index contributed by atoms with van der Waals surface area (Å²) < 4.78 is 99.1. The molecule has 16 heteroatoms. The number of carbonyl (C=O) groups excluding carboxylic acids is 3. The highest BCUT2D eigenvalue weighted by molar-refractivity contribution is 6.09. The first-order valence-corrected chi connectivity index (χ1v) is 9.44. The maximum atomic E-state index is 12.9. The molecular weight excluding hydrogens is 485 g/mol. The Balaban J connectivity index is 2.33. The summed E-state index contributed by atoms with van der Waals surface area (Å²) in [5, 5.41) is 1.97. The van der Waals surface area contributed by atoms with Gasteiger partial charge in [-0.2, -0.15) is 22.0 Å². The Bertz CT molecular complexity index is 900. The number of ether oxygens (including phenoxy) is 2. The Morgan fingerprint density at radius 1 is 1.24 bits per heavy atom. The summed E-state index contributed by atoms with van der Waals surface area (Å²) in [6.45, 7) is -7.24. The maximum Gasteiger partial charge on any atom is 0.401 e. The Morgan fingerprint density at radius 3 is 2.44 bits per heavy atom. The van der Waals surface area contributed by atoms with Crippen LogP contribution in [0.3, 0.4) is 0 Å². The Hall–Kier alpha value is -3.14. The molecule has 34 heavy (non-hydrogen) atoms. The number of hydrogen-bond donors (Lipinski definition) is 2. The molecule has 1 aromatic rings. The highest BCUT2D eigenvalue weighted by atomic mass is 19.4. The highest BCUT2D eigenvalue weighted by Gasteiger charge is 2.40. The summed E-state index contributed by atoms with van der Waals surface area (Å²) in [5.41, 5.74) is 4.52. The Kier molecular flexibility index (Phi) is 9.03. The first-order chi connectivity index (χ1) is 15.8. The minimum absolute atomic E-state index is 0.00603. The lowest BCUT2D eigenvalue weighted by Gasteiger charge is -2.30. The number of anilines is 2. The third kappa shape index (κ3) is 7.72. The molecule has 0 bridgehead atoms. The van der Waals surface area contributed by atoms with Crippen LogP contribution in [0.1, 0.15) is 0 Å². The number of morpholine rings is 1. The predicted octanol–water partition coefficient (Wildman–Crippen LogP) is 1.57. The maximum absolute atomic E-state index is 12.9. The summed E-state index contributed by atoms with van der Waals surface area (Å²) in [5.74, 6) is -4.33. The molecule has 0 aliphatic carbocycles. The molecule has 0 saturated carbocycles. The molecule has 2 rings (SSSR count). The minimum atomic E-state index is -5.05. The highest BCUT2D eigenvalue weighted by Crippen LogP contribution is 2.34. The topological polar surface area (TPSA) is 114 Å². The van der Waals surface area contributed by atoms with Gasteiger partial charge >= 0.3 is 12.8 Å². The summed E-state index contributed by atoms with van der Waals surface area (Å²) in [6.07, 6.45) is -8.39. The van der Waals surface area contributed by atoms with Crippen LogP contribution in [0.15, 0.2) is 18.2 Å². The molecule has 1 heterocycles. The van der Waals surface area contributed by atoms with Gasteiger partial charge in [-0.3, -0.25) is 19.3 Å². The molecule has 1 atom stereocenters. The van der Waals surface area contributed by atoms with Gasteiger partial charge in [0.25, 0.3) is 18.2 Å². The molecular formula is C18H19F7N4O5. The van der Waals surface area contributed by atoms with Gasteiger partial charge in [0.1, 0.15) is 6.61 Å². The van der Waals surface area contributed by atoms with E-state index in [4.69, 9.17) is 10.5 Å². The van der Waals surface area contributed by atoms with Crippen LogP contribution in [0, 0.1) is 0 Å². The van der Waals surface area contributed by atoms with Crippen LogP contribution in [-0.2, 0) is 19.1 Å². The van der Waals surface area contributed by atoms with Crippen LogP contribution in [0.4, 0.5) is 42.1 Å². The van der Waals surface area contributed by atoms with Gasteiger partial charge in [-0.1, -0.05) is 0 Å². The largest absolute Gasteiger partial charge is 0.433 e. The van der Waals surface area contributed by atoms with Crippen molar-refractivity contribution in [1.29, 1.82) is 0 Å². The molecule has 1 fully saturated rings. The first kappa shape index (κ1) is 27.1. The van der Waals surface area contributed by atoms with E-state index in [1.54, 1.807) is 0 Å². The smallest absolute Gasteiger partial charge is 0.401 e. The second kappa shape index (κ2) is 11.3. The average molecular weight is 504 g/mol. The van der Waals surface area contributed by atoms with E-state index in [0.29, 0.717) is 0 Å². The zero-order valence-electron chi connectivity index (χ0n) is 17.2. The number of halogens is 7. The van der Waals surface area contributed by atoms with Crippen molar-refractivity contribution in [2.45, 2.75) is 25.3 Å². The van der Waals surface area contributed by atoms with Gasteiger partial charge in [-0.25, -0.2) is 8.78 Å². The molecule has 9 nitrogen and oxygen atoms in total. The van der Waals surface area contributed by atoms with E-state index in [2.05, 4.69) is 4.74 Å². The molecule has 1 aliphatic rings. The monoisotopic (exact) mass is 504 g/mol. The van der Waals surface area contributed by atoms with Crippen LogP contribution in [-0.4, -0.2) is 80.7 Å². The molecule has 0 aromatic heterocycles. The zero-order chi connectivity index (χ0) is 25.6. The Morgan fingerprint density at radius 2 is 1.91 bits per heavy atom. The fourth-order valence-electron chi connectivity index (χ4n) is 3.13. The summed E-state index contributed by atoms with van der Waals surface area (Å²) >= 11 is 0. The third-order valence-electron chi connectivity index (χ3n) is 4.36. The summed E-state index contributed by atoms with van der Waals surface area (Å²) in [4.78, 5) is 37.1. The number of amides is 3. The third-order valence-corrected chi connectivity index (χ3v) is 4.36. The van der Waals surface area contributed by atoms with E-state index in [1.165, 1.54) is 0 Å². The number of nitrogens with two attached hydrogens (primary N) is 1. The lowest BCUT2D eigenvalue weighted by Crippen LogP contribution is -2.55. The van der Waals surface area contributed by atoms with E-state index in [-0.39, 0.29) is 36.0 Å². The number of carbonyl (C=O) groups is 3. The zero-order valence-corrected chi connectivity index (χ0v) is 17.2. The van der Waals surface area contributed by atoms with E-state index in [9.17, 15) is 45.1 Å². The lowest BCUT2D eigenvalue weighted by molar-refractivity contribution is -0.160. The number of primary amides is 1. The van der Waals surface area contributed by atoms with Gasteiger partial charge in [0, 0.05) is 18.3 Å². The molecule has 0 spiro atoms. The predicted molar refractivity (Wildman–Crippen MR) is 101 cm³/mol. The fourth-order valence-corrected chi connectivity index (χ4v) is 3.13. The molecule has 1 saturated heterocycles. The number of nitrogens with one attached hydrogen (secondary N) is 1. The first-order valence-electron chi connectivity index (χ1n) is 9.44. The lowest BCUT2D eigenvalue weighted by atomic mass is 10.1. The number of alkyl halides is 7. The molecule has 0 radical (unpaired) electrons. The minimum Gasteiger partial charge on any atom is -0.433 e. The molecule has 190 valence electrons. The number of nitrogens with zero attached hydrogens (tertiary/aromatic N) is 2. The molecule has 3 amide bonds. The van der Waals surface area contributed by atoms with Crippen molar-refractivity contribution in [3.63, 3.8) is 0 Å². The van der Waals surface area contributed by atoms with Gasteiger partial charge in [0.05, 0.1) is 25.4 Å². The quantitative estimate of drug-likeness (QED) is 0.370. The molecule has 3 N–H and O–H groups in total. The number of benzene rings is 1. The van der Waals surface area contributed by atoms with Crippen molar-refractivity contribution in [3.8, 4) is 5.75 Å². The molecule has 1 aliphatic heterocycles. The van der Waals surface area contributed by atoms with Crippen molar-refractivity contribution in [1.82, 2.24) is 4.90 Å². The van der Waals surface area contributed by atoms with Crippen molar-refractivity contribution in [2.24, 2.45) is 5.73 Å².